The molecule has 0 aromatic heterocycles. The molecule has 2 N–H and O–H groups in total. The molecule has 0 fully saturated rings. The first-order valence-electron chi connectivity index (χ1n) is 15.8. The van der Waals surface area contributed by atoms with Crippen molar-refractivity contribution in [2.45, 2.75) is 59.8 Å². The van der Waals surface area contributed by atoms with Gasteiger partial charge in [-0.1, -0.05) is 94.8 Å². The lowest BCUT2D eigenvalue weighted by Crippen LogP contribution is -2.29. The number of allylic oxidation sites excluding steroid dienone is 2. The maximum absolute atomic E-state index is 13.7. The van der Waals surface area contributed by atoms with Crippen molar-refractivity contribution in [2.75, 3.05) is 31.6 Å². The van der Waals surface area contributed by atoms with Gasteiger partial charge < -0.3 is 20.3 Å². The second-order valence-corrected chi connectivity index (χ2v) is 11.2. The number of amides is 1. The topological polar surface area (TPSA) is 53.6 Å². The number of nitrogens with zero attached hydrogens (tertiary/aromatic N) is 1. The summed E-state index contributed by atoms with van der Waals surface area (Å²) in [5.41, 5.74) is 6.99. The molecule has 0 aliphatic carbocycles. The fraction of sp³-hybridized carbons (Fsp3) is 0.342. The number of carbonyl (C=O) groups is 1. The van der Waals surface area contributed by atoms with E-state index in [1.165, 1.54) is 18.4 Å². The Balaban J connectivity index is 1.89. The van der Waals surface area contributed by atoms with Gasteiger partial charge in [0.1, 0.15) is 12.4 Å². The molecule has 0 radical (unpaired) electrons. The molecule has 0 spiro atoms. The smallest absolute Gasteiger partial charge is 0.256 e. The minimum Gasteiger partial charge on any atom is -0.490 e. The first kappa shape index (κ1) is 34.7. The van der Waals surface area contributed by atoms with Gasteiger partial charge in [0.2, 0.25) is 0 Å². The zero-order valence-corrected chi connectivity index (χ0v) is 27.8. The monoisotopic (exact) mass is 611 g/mol. The Labute approximate surface area is 270 Å². The van der Waals surface area contributed by atoms with Gasteiger partial charge >= 0.3 is 0 Å². The Kier molecular flexibility index (Phi) is 14.9. The van der Waals surface area contributed by atoms with Crippen LogP contribution in [-0.4, -0.2) is 37.0 Å². The molecule has 234 valence electrons. The molecule has 0 saturated carbocycles. The van der Waals surface area contributed by atoms with Crippen LogP contribution >= 0.6 is 12.6 Å². The lowest BCUT2D eigenvalue weighted by molar-refractivity contribution is 0.102. The van der Waals surface area contributed by atoms with Gasteiger partial charge in [0.05, 0.1) is 5.69 Å². The van der Waals surface area contributed by atoms with Gasteiger partial charge in [-0.15, -0.1) is 0 Å². The molecule has 0 unspecified atom stereocenters. The Morgan fingerprint density at radius 2 is 1.70 bits per heavy atom. The van der Waals surface area contributed by atoms with E-state index in [-0.39, 0.29) is 5.91 Å². The van der Waals surface area contributed by atoms with E-state index in [2.05, 4.69) is 62.4 Å². The summed E-state index contributed by atoms with van der Waals surface area (Å²) in [7, 11) is 0. The van der Waals surface area contributed by atoms with Crippen LogP contribution in [0.25, 0.3) is 16.8 Å². The van der Waals surface area contributed by atoms with Crippen LogP contribution in [0.4, 0.5) is 5.69 Å². The molecule has 44 heavy (non-hydrogen) atoms. The van der Waals surface area contributed by atoms with Crippen molar-refractivity contribution >= 4 is 29.9 Å². The third-order valence-corrected chi connectivity index (χ3v) is 7.78. The van der Waals surface area contributed by atoms with Crippen molar-refractivity contribution < 1.29 is 9.53 Å². The summed E-state index contributed by atoms with van der Waals surface area (Å²) in [5.74, 6) is 0.422. The SMILES string of the molecule is C=C(NC(/C=C\S)=C(/C)CCCCC)c1ccc(NC(=O)c2ccccc2-c2ccccc2)c(OCCN(CC)CCC)c1. The van der Waals surface area contributed by atoms with Crippen LogP contribution in [0.2, 0.25) is 0 Å². The highest BCUT2D eigenvalue weighted by atomic mass is 32.1. The number of hydrogen-bond donors (Lipinski definition) is 3. The maximum atomic E-state index is 13.7. The lowest BCUT2D eigenvalue weighted by atomic mass is 9.99. The fourth-order valence-electron chi connectivity index (χ4n) is 5.08. The number of nitrogens with one attached hydrogen (secondary N) is 2. The molecule has 0 heterocycles. The Morgan fingerprint density at radius 3 is 2.41 bits per heavy atom. The van der Waals surface area contributed by atoms with E-state index in [0.29, 0.717) is 23.6 Å². The Bertz CT molecular complexity index is 1410. The van der Waals surface area contributed by atoms with Crippen LogP contribution in [0.15, 0.2) is 102 Å². The minimum absolute atomic E-state index is 0.188. The number of anilines is 1. The lowest BCUT2D eigenvalue weighted by Gasteiger charge is -2.21. The number of likely N-dealkylation sites (N-methyl/N-ethyl adjacent to an activating group) is 1. The van der Waals surface area contributed by atoms with Gasteiger partial charge in [-0.3, -0.25) is 4.79 Å². The van der Waals surface area contributed by atoms with Crippen LogP contribution in [0, 0.1) is 0 Å². The summed E-state index contributed by atoms with van der Waals surface area (Å²) >= 11 is 4.32. The third-order valence-electron chi connectivity index (χ3n) is 7.63. The molecular formula is C38H49N3O2S. The standard InChI is InChI=1S/C38H49N3O2S/c1-6-9-11-16-29(4)35(23-27-44)39-30(5)32-21-22-36(37(28-32)43-26-25-41(8-3)24-7-2)40-38(42)34-20-15-14-19-33(34)31-17-12-10-13-18-31/h10,12-15,17-23,27-28,39,44H,5-9,11,16,24-26H2,1-4H3,(H,40,42)/b27-23-,35-29-. The normalized spacial score (nSPS) is 11.9. The van der Waals surface area contributed by atoms with E-state index in [1.807, 2.05) is 78.9 Å². The van der Waals surface area contributed by atoms with Crippen LogP contribution in [0.3, 0.4) is 0 Å². The molecule has 0 aliphatic rings. The van der Waals surface area contributed by atoms with Gasteiger partial charge in [-0.05, 0) is 85.7 Å². The molecule has 0 atom stereocenters. The molecule has 0 aliphatic heterocycles. The number of ether oxygens (including phenoxy) is 1. The average Bonchev–Trinajstić information content (AvgIpc) is 3.05. The quantitative estimate of drug-likeness (QED) is 0.0762. The van der Waals surface area contributed by atoms with E-state index in [1.54, 1.807) is 5.41 Å². The van der Waals surface area contributed by atoms with Gasteiger partial charge in [-0.2, -0.15) is 12.6 Å². The van der Waals surface area contributed by atoms with E-state index < -0.39 is 0 Å². The third kappa shape index (κ3) is 10.5. The second kappa shape index (κ2) is 18.8. The average molecular weight is 612 g/mol. The van der Waals surface area contributed by atoms with Crippen molar-refractivity contribution in [1.29, 1.82) is 0 Å². The largest absolute Gasteiger partial charge is 0.490 e. The van der Waals surface area contributed by atoms with Gasteiger partial charge in [0.25, 0.3) is 5.91 Å². The van der Waals surface area contributed by atoms with Crippen molar-refractivity contribution in [2.24, 2.45) is 0 Å². The number of carbonyl (C=O) groups excluding carboxylic acids is 1. The number of benzene rings is 3. The zero-order chi connectivity index (χ0) is 31.7. The van der Waals surface area contributed by atoms with E-state index >= 15 is 0 Å². The highest BCUT2D eigenvalue weighted by molar-refractivity contribution is 7.83. The molecule has 0 saturated heterocycles. The summed E-state index contributed by atoms with van der Waals surface area (Å²) in [6.45, 7) is 16.3. The first-order chi connectivity index (χ1) is 21.4. The predicted molar refractivity (Wildman–Crippen MR) is 191 cm³/mol. The molecule has 3 rings (SSSR count). The second-order valence-electron chi connectivity index (χ2n) is 10.9. The van der Waals surface area contributed by atoms with Crippen LogP contribution in [0.5, 0.6) is 5.75 Å². The fourth-order valence-corrected chi connectivity index (χ4v) is 5.23. The van der Waals surface area contributed by atoms with Crippen LogP contribution in [-0.2, 0) is 0 Å². The molecule has 3 aromatic rings. The first-order valence-corrected chi connectivity index (χ1v) is 16.3. The van der Waals surface area contributed by atoms with Crippen molar-refractivity contribution in [3.63, 3.8) is 0 Å². The summed E-state index contributed by atoms with van der Waals surface area (Å²) < 4.78 is 6.36. The molecule has 0 bridgehead atoms. The number of hydrogen-bond acceptors (Lipinski definition) is 5. The molecular weight excluding hydrogens is 563 g/mol. The van der Waals surface area contributed by atoms with Crippen molar-refractivity contribution in [3.8, 4) is 16.9 Å². The van der Waals surface area contributed by atoms with Crippen LogP contribution < -0.4 is 15.4 Å². The summed E-state index contributed by atoms with van der Waals surface area (Å²) in [6, 6.07) is 23.5. The van der Waals surface area contributed by atoms with Crippen LogP contribution in [0.1, 0.15) is 75.7 Å². The van der Waals surface area contributed by atoms with Gasteiger partial charge in [0, 0.05) is 29.1 Å². The Hall–Kier alpha value is -3.74. The zero-order valence-electron chi connectivity index (χ0n) is 26.9. The predicted octanol–water partition coefficient (Wildman–Crippen LogP) is 9.57. The highest BCUT2D eigenvalue weighted by Crippen LogP contribution is 2.31. The summed E-state index contributed by atoms with van der Waals surface area (Å²) in [4.78, 5) is 16.0. The molecule has 5 nitrogen and oxygen atoms in total. The molecule has 6 heteroatoms. The summed E-state index contributed by atoms with van der Waals surface area (Å²) in [6.07, 6.45) is 7.60. The number of thiol groups is 1. The highest BCUT2D eigenvalue weighted by Gasteiger charge is 2.16. The number of rotatable bonds is 18. The molecule has 3 aromatic carbocycles. The maximum Gasteiger partial charge on any atom is 0.256 e. The Morgan fingerprint density at radius 1 is 0.955 bits per heavy atom. The molecule has 1 amide bonds. The van der Waals surface area contributed by atoms with Gasteiger partial charge in [-0.25, -0.2) is 0 Å². The van der Waals surface area contributed by atoms with Crippen molar-refractivity contribution in [3.05, 3.63) is 113 Å². The van der Waals surface area contributed by atoms with E-state index in [4.69, 9.17) is 4.74 Å². The van der Waals surface area contributed by atoms with E-state index in [9.17, 15) is 4.79 Å². The van der Waals surface area contributed by atoms with Gasteiger partial charge in [0.15, 0.2) is 0 Å². The minimum atomic E-state index is -0.188. The number of unbranched alkanes of at least 4 members (excludes halogenated alkanes) is 2. The van der Waals surface area contributed by atoms with Crippen molar-refractivity contribution in [1.82, 2.24) is 10.2 Å². The van der Waals surface area contributed by atoms with E-state index in [0.717, 1.165) is 67.0 Å². The summed E-state index contributed by atoms with van der Waals surface area (Å²) in [5, 5.41) is 8.37.